The van der Waals surface area contributed by atoms with E-state index in [1.807, 2.05) is 31.2 Å². The van der Waals surface area contributed by atoms with Gasteiger partial charge in [-0.1, -0.05) is 31.2 Å². The monoisotopic (exact) mass is 423 g/mol. The lowest BCUT2D eigenvalue weighted by Crippen LogP contribution is -2.26. The van der Waals surface area contributed by atoms with Gasteiger partial charge in [0.15, 0.2) is 0 Å². The Bertz CT molecular complexity index is 914. The van der Waals surface area contributed by atoms with Crippen LogP contribution in [0.1, 0.15) is 35.7 Å². The van der Waals surface area contributed by atoms with Crippen LogP contribution in [0.25, 0.3) is 0 Å². The van der Waals surface area contributed by atoms with E-state index >= 15 is 0 Å². The van der Waals surface area contributed by atoms with Crippen molar-refractivity contribution in [2.24, 2.45) is 5.92 Å². The van der Waals surface area contributed by atoms with Crippen molar-refractivity contribution in [3.8, 4) is 0 Å². The van der Waals surface area contributed by atoms with Crippen LogP contribution in [0.4, 0.5) is 5.69 Å². The van der Waals surface area contributed by atoms with Gasteiger partial charge in [-0.15, -0.1) is 12.4 Å². The van der Waals surface area contributed by atoms with Crippen LogP contribution in [-0.2, 0) is 16.6 Å². The first-order valence-electron chi connectivity index (χ1n) is 9.19. The van der Waals surface area contributed by atoms with Crippen LogP contribution in [0.3, 0.4) is 0 Å². The Hall–Kier alpha value is -1.93. The fourth-order valence-corrected chi connectivity index (χ4v) is 3.85. The van der Waals surface area contributed by atoms with Crippen LogP contribution < -0.4 is 15.4 Å². The third-order valence-electron chi connectivity index (χ3n) is 4.50. The molecule has 0 radical (unpaired) electrons. The highest BCUT2D eigenvalue weighted by molar-refractivity contribution is 7.89. The predicted octanol–water partition coefficient (Wildman–Crippen LogP) is 3.16. The first kappa shape index (κ1) is 22.4. The number of halogens is 1. The molecule has 8 heteroatoms. The maximum atomic E-state index is 12.6. The second-order valence-electron chi connectivity index (χ2n) is 6.71. The smallest absolute Gasteiger partial charge is 0.255 e. The highest BCUT2D eigenvalue weighted by Crippen LogP contribution is 2.28. The first-order valence-corrected chi connectivity index (χ1v) is 10.7. The van der Waals surface area contributed by atoms with E-state index in [1.54, 1.807) is 12.1 Å². The largest absolute Gasteiger partial charge is 0.322 e. The molecule has 1 amide bonds. The number of carbonyl (C=O) groups is 1. The molecule has 6 nitrogen and oxygen atoms in total. The zero-order valence-electron chi connectivity index (χ0n) is 15.8. The molecule has 1 fully saturated rings. The number of sulfonamides is 1. The number of hydrogen-bond donors (Lipinski definition) is 3. The summed E-state index contributed by atoms with van der Waals surface area (Å²) in [5.74, 6) is 0.109. The van der Waals surface area contributed by atoms with Crippen molar-refractivity contribution in [3.05, 3.63) is 59.7 Å². The lowest BCUT2D eigenvalue weighted by Gasteiger charge is -2.12. The van der Waals surface area contributed by atoms with Crippen LogP contribution in [0.5, 0.6) is 0 Å². The summed E-state index contributed by atoms with van der Waals surface area (Å²) in [4.78, 5) is 12.8. The van der Waals surface area contributed by atoms with Crippen molar-refractivity contribution in [3.63, 3.8) is 0 Å². The molecule has 3 N–H and O–H groups in total. The third-order valence-corrected chi connectivity index (χ3v) is 5.92. The standard InChI is InChI=1S/C20H25N3O3S.ClH/c1-2-21-14-17-6-3-4-9-19(17)23-20(24)16-7-5-8-18(12-16)27(25,26)22-13-15-10-11-15;/h3-9,12,15,21-22H,2,10-11,13-14H2,1H3,(H,23,24);1H. The summed E-state index contributed by atoms with van der Waals surface area (Å²) in [6.07, 6.45) is 2.13. The van der Waals surface area contributed by atoms with Gasteiger partial charge < -0.3 is 10.6 Å². The molecule has 3 rings (SSSR count). The van der Waals surface area contributed by atoms with Gasteiger partial charge in [-0.25, -0.2) is 13.1 Å². The quantitative estimate of drug-likeness (QED) is 0.578. The predicted molar refractivity (Wildman–Crippen MR) is 113 cm³/mol. The van der Waals surface area contributed by atoms with Gasteiger partial charge in [0.1, 0.15) is 0 Å². The van der Waals surface area contributed by atoms with Crippen molar-refractivity contribution in [2.75, 3.05) is 18.4 Å². The highest BCUT2D eigenvalue weighted by atomic mass is 35.5. The van der Waals surface area contributed by atoms with Crippen LogP contribution in [0.15, 0.2) is 53.4 Å². The Kier molecular flexibility index (Phi) is 8.00. The molecule has 2 aromatic rings. The second kappa shape index (κ2) is 10.0. The maximum absolute atomic E-state index is 12.6. The highest BCUT2D eigenvalue weighted by Gasteiger charge is 2.24. The molecule has 0 aliphatic heterocycles. The van der Waals surface area contributed by atoms with Gasteiger partial charge in [0.25, 0.3) is 5.91 Å². The van der Waals surface area contributed by atoms with Crippen molar-refractivity contribution < 1.29 is 13.2 Å². The molecule has 0 atom stereocenters. The molecule has 1 aliphatic rings. The molecular formula is C20H26ClN3O3S. The summed E-state index contributed by atoms with van der Waals surface area (Å²) in [6.45, 7) is 3.95. The molecule has 0 aromatic heterocycles. The molecule has 2 aromatic carbocycles. The number of benzene rings is 2. The van der Waals surface area contributed by atoms with E-state index in [0.717, 1.165) is 24.9 Å². The van der Waals surface area contributed by atoms with Gasteiger partial charge in [-0.05, 0) is 55.1 Å². The number of para-hydroxylation sites is 1. The summed E-state index contributed by atoms with van der Waals surface area (Å²) >= 11 is 0. The van der Waals surface area contributed by atoms with Gasteiger partial charge in [0, 0.05) is 24.3 Å². The molecule has 0 bridgehead atoms. The number of anilines is 1. The van der Waals surface area contributed by atoms with Crippen LogP contribution in [0, 0.1) is 5.92 Å². The zero-order valence-corrected chi connectivity index (χ0v) is 17.4. The minimum Gasteiger partial charge on any atom is -0.322 e. The Morgan fingerprint density at radius 2 is 1.86 bits per heavy atom. The summed E-state index contributed by atoms with van der Waals surface area (Å²) < 4.78 is 27.5. The average Bonchev–Trinajstić information content (AvgIpc) is 3.50. The van der Waals surface area contributed by atoms with Crippen LogP contribution in [0.2, 0.25) is 0 Å². The minimum absolute atomic E-state index is 0. The third kappa shape index (κ3) is 6.04. The van der Waals surface area contributed by atoms with E-state index in [1.165, 1.54) is 12.1 Å². The topological polar surface area (TPSA) is 87.3 Å². The van der Waals surface area contributed by atoms with Crippen molar-refractivity contribution in [2.45, 2.75) is 31.2 Å². The SMILES string of the molecule is CCNCc1ccccc1NC(=O)c1cccc(S(=O)(=O)NCC2CC2)c1.Cl. The molecular weight excluding hydrogens is 398 g/mol. The molecule has 152 valence electrons. The fraction of sp³-hybridized carbons (Fsp3) is 0.350. The van der Waals surface area contributed by atoms with E-state index in [0.29, 0.717) is 30.3 Å². The molecule has 0 heterocycles. The molecule has 28 heavy (non-hydrogen) atoms. The normalized spacial score (nSPS) is 13.6. The Balaban J connectivity index is 0.00000280. The maximum Gasteiger partial charge on any atom is 0.255 e. The van der Waals surface area contributed by atoms with E-state index in [-0.39, 0.29) is 23.2 Å². The first-order chi connectivity index (χ1) is 13.0. The summed E-state index contributed by atoms with van der Waals surface area (Å²) in [5, 5.41) is 6.12. The summed E-state index contributed by atoms with van der Waals surface area (Å²) in [7, 11) is -3.60. The molecule has 0 saturated heterocycles. The molecule has 0 spiro atoms. The average molecular weight is 424 g/mol. The van der Waals surface area contributed by atoms with Gasteiger partial charge in [-0.3, -0.25) is 4.79 Å². The fourth-order valence-electron chi connectivity index (χ4n) is 2.69. The van der Waals surface area contributed by atoms with Crippen LogP contribution in [-0.4, -0.2) is 27.4 Å². The van der Waals surface area contributed by atoms with Crippen molar-refractivity contribution in [1.82, 2.24) is 10.0 Å². The lowest BCUT2D eigenvalue weighted by atomic mass is 10.1. The second-order valence-corrected chi connectivity index (χ2v) is 8.48. The van der Waals surface area contributed by atoms with Gasteiger partial charge >= 0.3 is 0 Å². The number of carbonyl (C=O) groups excluding carboxylic acids is 1. The number of amides is 1. The van der Waals surface area contributed by atoms with Crippen molar-refractivity contribution in [1.29, 1.82) is 0 Å². The van der Waals surface area contributed by atoms with Crippen molar-refractivity contribution >= 4 is 34.0 Å². The Labute approximate surface area is 172 Å². The summed E-state index contributed by atoms with van der Waals surface area (Å²) in [5.41, 5.74) is 1.99. The summed E-state index contributed by atoms with van der Waals surface area (Å²) in [6, 6.07) is 13.7. The van der Waals surface area contributed by atoms with Crippen LogP contribution >= 0.6 is 12.4 Å². The van der Waals surface area contributed by atoms with Gasteiger partial charge in [-0.2, -0.15) is 0 Å². The van der Waals surface area contributed by atoms with E-state index in [9.17, 15) is 13.2 Å². The Morgan fingerprint density at radius 3 is 2.57 bits per heavy atom. The molecule has 1 aliphatic carbocycles. The molecule has 0 unspecified atom stereocenters. The molecule has 1 saturated carbocycles. The number of rotatable bonds is 9. The number of nitrogens with one attached hydrogen (secondary N) is 3. The van der Waals surface area contributed by atoms with Gasteiger partial charge in [0.2, 0.25) is 10.0 Å². The number of hydrogen-bond acceptors (Lipinski definition) is 4. The van der Waals surface area contributed by atoms with E-state index in [2.05, 4.69) is 15.4 Å². The Morgan fingerprint density at radius 1 is 1.11 bits per heavy atom. The lowest BCUT2D eigenvalue weighted by molar-refractivity contribution is 0.102. The minimum atomic E-state index is -3.60. The van der Waals surface area contributed by atoms with E-state index < -0.39 is 10.0 Å². The van der Waals surface area contributed by atoms with Gasteiger partial charge in [0.05, 0.1) is 4.90 Å². The zero-order chi connectivity index (χ0) is 19.3. The van der Waals surface area contributed by atoms with E-state index in [4.69, 9.17) is 0 Å².